The van der Waals surface area contributed by atoms with E-state index < -0.39 is 5.91 Å². The second kappa shape index (κ2) is 9.41. The van der Waals surface area contributed by atoms with Gasteiger partial charge in [0.05, 0.1) is 19.4 Å². The van der Waals surface area contributed by atoms with Crippen molar-refractivity contribution in [3.63, 3.8) is 0 Å². The lowest BCUT2D eigenvalue weighted by Gasteiger charge is -2.13. The summed E-state index contributed by atoms with van der Waals surface area (Å²) in [6.07, 6.45) is 1.50. The molecule has 0 unspecified atom stereocenters. The number of rotatable bonds is 8. The number of oxime groups is 1. The highest BCUT2D eigenvalue weighted by atomic mass is 19.1. The number of ether oxygens (including phenoxy) is 2. The number of amides is 1. The summed E-state index contributed by atoms with van der Waals surface area (Å²) in [6.45, 7) is 3.60. The van der Waals surface area contributed by atoms with E-state index in [1.165, 1.54) is 30.5 Å². The second-order valence-corrected chi connectivity index (χ2v) is 5.64. The lowest BCUT2D eigenvalue weighted by Crippen LogP contribution is -2.16. The van der Waals surface area contributed by atoms with Crippen LogP contribution in [0.15, 0.2) is 47.6 Å². The van der Waals surface area contributed by atoms with Crippen LogP contribution in [0.5, 0.6) is 11.5 Å². The first-order valence-electron chi connectivity index (χ1n) is 8.03. The number of methoxy groups -OCH3 is 1. The van der Waals surface area contributed by atoms with E-state index in [0.717, 1.165) is 5.56 Å². The number of hydrogen-bond acceptors (Lipinski definition) is 5. The van der Waals surface area contributed by atoms with Crippen LogP contribution in [0.1, 0.15) is 19.4 Å². The fourth-order valence-corrected chi connectivity index (χ4v) is 2.04. The van der Waals surface area contributed by atoms with Gasteiger partial charge >= 0.3 is 0 Å². The smallest absolute Gasteiger partial charge is 0.265 e. The average molecular weight is 360 g/mol. The molecule has 0 aliphatic rings. The molecule has 138 valence electrons. The first kappa shape index (κ1) is 19.2. The Bertz CT molecular complexity index is 761. The van der Waals surface area contributed by atoms with Crippen LogP contribution in [0.2, 0.25) is 0 Å². The van der Waals surface area contributed by atoms with Crippen molar-refractivity contribution < 1.29 is 23.5 Å². The third-order valence-corrected chi connectivity index (χ3v) is 3.15. The fourth-order valence-electron chi connectivity index (χ4n) is 2.04. The first-order valence-corrected chi connectivity index (χ1v) is 8.03. The zero-order valence-electron chi connectivity index (χ0n) is 14.9. The van der Waals surface area contributed by atoms with Gasteiger partial charge in [-0.05, 0) is 56.3 Å². The number of nitrogens with one attached hydrogen (secondary N) is 1. The summed E-state index contributed by atoms with van der Waals surface area (Å²) in [4.78, 5) is 16.7. The predicted molar refractivity (Wildman–Crippen MR) is 97.3 cm³/mol. The third-order valence-electron chi connectivity index (χ3n) is 3.15. The van der Waals surface area contributed by atoms with Crippen LogP contribution < -0.4 is 14.8 Å². The highest BCUT2D eigenvalue weighted by molar-refractivity contribution is 5.91. The molecular formula is C19H21FN2O4. The molecule has 6 nitrogen and oxygen atoms in total. The Kier molecular flexibility index (Phi) is 6.96. The molecule has 1 N–H and O–H groups in total. The molecule has 0 aliphatic carbocycles. The number of nitrogens with zero attached hydrogens (tertiary/aromatic N) is 1. The molecule has 2 aromatic rings. The topological polar surface area (TPSA) is 69.2 Å². The van der Waals surface area contributed by atoms with E-state index in [0.29, 0.717) is 17.2 Å². The van der Waals surface area contributed by atoms with Crippen molar-refractivity contribution in [3.8, 4) is 11.5 Å². The van der Waals surface area contributed by atoms with E-state index in [2.05, 4.69) is 10.5 Å². The Morgan fingerprint density at radius 2 is 1.92 bits per heavy atom. The van der Waals surface area contributed by atoms with Crippen LogP contribution in [0.25, 0.3) is 0 Å². The van der Waals surface area contributed by atoms with Gasteiger partial charge in [-0.25, -0.2) is 4.39 Å². The molecule has 7 heteroatoms. The van der Waals surface area contributed by atoms with Gasteiger partial charge in [0.2, 0.25) is 0 Å². The summed E-state index contributed by atoms with van der Waals surface area (Å²) in [5, 5.41) is 6.33. The number of carbonyl (C=O) groups excluding carboxylic acids is 1. The van der Waals surface area contributed by atoms with Crippen LogP contribution in [0.4, 0.5) is 10.1 Å². The van der Waals surface area contributed by atoms with E-state index in [-0.39, 0.29) is 18.5 Å². The summed E-state index contributed by atoms with van der Waals surface area (Å²) in [5.41, 5.74) is 1.21. The molecule has 0 radical (unpaired) electrons. The first-order chi connectivity index (χ1) is 12.5. The molecule has 2 aromatic carbocycles. The lowest BCUT2D eigenvalue weighted by atomic mass is 10.2. The van der Waals surface area contributed by atoms with Crippen LogP contribution in [0.3, 0.4) is 0 Å². The van der Waals surface area contributed by atoms with Gasteiger partial charge in [-0.3, -0.25) is 4.79 Å². The Morgan fingerprint density at radius 3 is 2.58 bits per heavy atom. The van der Waals surface area contributed by atoms with Crippen LogP contribution >= 0.6 is 0 Å². The second-order valence-electron chi connectivity index (χ2n) is 5.64. The fraction of sp³-hybridized carbons (Fsp3) is 0.263. The summed E-state index contributed by atoms with van der Waals surface area (Å²) in [7, 11) is 1.56. The van der Waals surface area contributed by atoms with Gasteiger partial charge in [0.15, 0.2) is 18.1 Å². The van der Waals surface area contributed by atoms with Crippen LogP contribution in [-0.2, 0) is 9.63 Å². The molecule has 0 saturated carbocycles. The zero-order valence-corrected chi connectivity index (χ0v) is 14.9. The highest BCUT2D eigenvalue weighted by Gasteiger charge is 2.07. The molecule has 0 atom stereocenters. The van der Waals surface area contributed by atoms with E-state index in [1.54, 1.807) is 25.3 Å². The van der Waals surface area contributed by atoms with Gasteiger partial charge < -0.3 is 19.6 Å². The van der Waals surface area contributed by atoms with Gasteiger partial charge in [0.25, 0.3) is 5.91 Å². The van der Waals surface area contributed by atoms with Crippen molar-refractivity contribution in [2.75, 3.05) is 19.0 Å². The molecule has 1 amide bonds. The van der Waals surface area contributed by atoms with Crippen molar-refractivity contribution in [1.29, 1.82) is 0 Å². The standard InChI is InChI=1S/C19H21FN2O4/c1-13(2)26-17-9-4-14(10-18(17)24-3)11-21-25-12-19(23)22-16-7-5-15(20)6-8-16/h4-11,13H,12H2,1-3H3,(H,22,23)/b21-11-. The monoisotopic (exact) mass is 360 g/mol. The highest BCUT2D eigenvalue weighted by Crippen LogP contribution is 2.28. The number of hydrogen-bond donors (Lipinski definition) is 1. The quantitative estimate of drug-likeness (QED) is 0.577. The molecule has 0 heterocycles. The van der Waals surface area contributed by atoms with E-state index >= 15 is 0 Å². The van der Waals surface area contributed by atoms with Crippen molar-refractivity contribution in [1.82, 2.24) is 0 Å². The van der Waals surface area contributed by atoms with Gasteiger partial charge in [-0.1, -0.05) is 5.16 Å². The molecule has 0 aromatic heterocycles. The Labute approximate surface area is 151 Å². The molecule has 0 aliphatic heterocycles. The van der Waals surface area contributed by atoms with E-state index in [1.807, 2.05) is 13.8 Å². The van der Waals surface area contributed by atoms with Gasteiger partial charge in [-0.15, -0.1) is 0 Å². The van der Waals surface area contributed by atoms with Crippen molar-refractivity contribution in [3.05, 3.63) is 53.8 Å². The van der Waals surface area contributed by atoms with Crippen molar-refractivity contribution >= 4 is 17.8 Å². The van der Waals surface area contributed by atoms with Gasteiger partial charge in [0, 0.05) is 11.3 Å². The Hall–Kier alpha value is -3.09. The summed E-state index contributed by atoms with van der Waals surface area (Å²) < 4.78 is 23.7. The maximum absolute atomic E-state index is 12.8. The Balaban J connectivity index is 1.85. The third kappa shape index (κ3) is 6.08. The SMILES string of the molecule is COc1cc(/C=N\OCC(=O)Nc2ccc(F)cc2)ccc1OC(C)C. The predicted octanol–water partition coefficient (Wildman–Crippen LogP) is 3.61. The molecule has 0 saturated heterocycles. The molecule has 0 bridgehead atoms. The van der Waals surface area contributed by atoms with Crippen LogP contribution in [-0.4, -0.2) is 31.9 Å². The normalized spacial score (nSPS) is 10.8. The van der Waals surface area contributed by atoms with Crippen molar-refractivity contribution in [2.24, 2.45) is 5.16 Å². The maximum atomic E-state index is 12.8. The number of halogens is 1. The average Bonchev–Trinajstić information content (AvgIpc) is 2.61. The maximum Gasteiger partial charge on any atom is 0.265 e. The van der Waals surface area contributed by atoms with Gasteiger partial charge in [-0.2, -0.15) is 0 Å². The molecule has 0 fully saturated rings. The largest absolute Gasteiger partial charge is 0.493 e. The summed E-state index contributed by atoms with van der Waals surface area (Å²) >= 11 is 0. The number of benzene rings is 2. The van der Waals surface area contributed by atoms with Gasteiger partial charge in [0.1, 0.15) is 5.82 Å². The van der Waals surface area contributed by atoms with E-state index in [4.69, 9.17) is 14.3 Å². The minimum Gasteiger partial charge on any atom is -0.493 e. The minimum atomic E-state index is -0.396. The lowest BCUT2D eigenvalue weighted by molar-refractivity contribution is -0.120. The van der Waals surface area contributed by atoms with Crippen LogP contribution in [0, 0.1) is 5.82 Å². The molecule has 0 spiro atoms. The molecule has 2 rings (SSSR count). The molecular weight excluding hydrogens is 339 g/mol. The Morgan fingerprint density at radius 1 is 1.19 bits per heavy atom. The van der Waals surface area contributed by atoms with E-state index in [9.17, 15) is 9.18 Å². The zero-order chi connectivity index (χ0) is 18.9. The summed E-state index contributed by atoms with van der Waals surface area (Å²) in [6, 6.07) is 10.8. The molecule has 26 heavy (non-hydrogen) atoms. The minimum absolute atomic E-state index is 0.0337. The van der Waals surface area contributed by atoms with Crippen molar-refractivity contribution in [2.45, 2.75) is 20.0 Å². The number of carbonyl (C=O) groups is 1. The summed E-state index contributed by atoms with van der Waals surface area (Å²) in [5.74, 6) is 0.451. The number of anilines is 1.